The maximum Gasteiger partial charge on any atom is 0.337 e. The highest BCUT2D eigenvalue weighted by atomic mass is 16.4. The van der Waals surface area contributed by atoms with Crippen LogP contribution < -0.4 is 4.90 Å². The molecule has 1 aliphatic rings. The molecule has 1 aliphatic carbocycles. The Hall–Kier alpha value is -1.58. The smallest absolute Gasteiger partial charge is 0.337 e. The zero-order chi connectivity index (χ0) is 13.1. The molecule has 0 saturated heterocycles. The summed E-state index contributed by atoms with van der Waals surface area (Å²) in [7, 11) is 0. The molecule has 1 aromatic heterocycles. The van der Waals surface area contributed by atoms with Crippen LogP contribution in [-0.4, -0.2) is 28.6 Å². The molecule has 0 radical (unpaired) electrons. The van der Waals surface area contributed by atoms with E-state index in [4.69, 9.17) is 5.11 Å². The summed E-state index contributed by atoms with van der Waals surface area (Å²) < 4.78 is 0. The van der Waals surface area contributed by atoms with Gasteiger partial charge in [-0.05, 0) is 38.3 Å². The van der Waals surface area contributed by atoms with Gasteiger partial charge in [0, 0.05) is 12.6 Å². The first-order valence-corrected chi connectivity index (χ1v) is 6.61. The van der Waals surface area contributed by atoms with Gasteiger partial charge in [0.1, 0.15) is 5.82 Å². The maximum absolute atomic E-state index is 11.0. The quantitative estimate of drug-likeness (QED) is 0.841. The second-order valence-corrected chi connectivity index (χ2v) is 4.89. The van der Waals surface area contributed by atoms with E-state index in [9.17, 15) is 4.79 Å². The van der Waals surface area contributed by atoms with Crippen LogP contribution in [0.2, 0.25) is 0 Å². The number of carboxylic acids is 1. The molecule has 0 spiro atoms. The molecule has 0 aromatic carbocycles. The van der Waals surface area contributed by atoms with E-state index in [0.717, 1.165) is 25.2 Å². The second kappa shape index (κ2) is 5.38. The van der Waals surface area contributed by atoms with Gasteiger partial charge < -0.3 is 10.0 Å². The van der Waals surface area contributed by atoms with Crippen molar-refractivity contribution >= 4 is 11.8 Å². The molecule has 1 aromatic rings. The van der Waals surface area contributed by atoms with Gasteiger partial charge in [-0.15, -0.1) is 0 Å². The number of nitrogens with zero attached hydrogens (tertiary/aromatic N) is 2. The highest BCUT2D eigenvalue weighted by Gasteiger charge is 2.29. The standard InChI is InChI=1S/C14H20N2O2/c1-3-4-9-16(11-5-6-11)13-8-7-12(14(17)18)10(2)15-13/h7-8,11H,3-6,9H2,1-2H3,(H,17,18). The van der Waals surface area contributed by atoms with Gasteiger partial charge in [0.2, 0.25) is 0 Å². The Morgan fingerprint density at radius 1 is 1.50 bits per heavy atom. The van der Waals surface area contributed by atoms with Gasteiger partial charge in [0.15, 0.2) is 0 Å². The first-order valence-electron chi connectivity index (χ1n) is 6.61. The van der Waals surface area contributed by atoms with E-state index in [1.165, 1.54) is 12.8 Å². The van der Waals surface area contributed by atoms with Gasteiger partial charge in [0.05, 0.1) is 11.3 Å². The Morgan fingerprint density at radius 2 is 2.22 bits per heavy atom. The number of pyridine rings is 1. The van der Waals surface area contributed by atoms with Crippen molar-refractivity contribution in [3.8, 4) is 0 Å². The topological polar surface area (TPSA) is 53.4 Å². The Morgan fingerprint density at radius 3 is 2.72 bits per heavy atom. The fourth-order valence-electron chi connectivity index (χ4n) is 2.13. The number of anilines is 1. The van der Waals surface area contributed by atoms with Gasteiger partial charge >= 0.3 is 5.97 Å². The molecule has 0 aliphatic heterocycles. The third-order valence-corrected chi connectivity index (χ3v) is 3.34. The monoisotopic (exact) mass is 248 g/mol. The average molecular weight is 248 g/mol. The largest absolute Gasteiger partial charge is 0.478 e. The van der Waals surface area contributed by atoms with E-state index in [2.05, 4.69) is 16.8 Å². The van der Waals surface area contributed by atoms with Gasteiger partial charge in [-0.25, -0.2) is 9.78 Å². The van der Waals surface area contributed by atoms with Crippen molar-refractivity contribution in [2.24, 2.45) is 0 Å². The van der Waals surface area contributed by atoms with Crippen LogP contribution in [0, 0.1) is 6.92 Å². The highest BCUT2D eigenvalue weighted by Crippen LogP contribution is 2.31. The molecule has 4 heteroatoms. The predicted molar refractivity (Wildman–Crippen MR) is 71.2 cm³/mol. The fraction of sp³-hybridized carbons (Fsp3) is 0.571. The van der Waals surface area contributed by atoms with Crippen molar-refractivity contribution in [1.29, 1.82) is 0 Å². The lowest BCUT2D eigenvalue weighted by Crippen LogP contribution is -2.28. The molecule has 4 nitrogen and oxygen atoms in total. The number of unbranched alkanes of at least 4 members (excludes halogenated alkanes) is 1. The fourth-order valence-corrected chi connectivity index (χ4v) is 2.13. The summed E-state index contributed by atoms with van der Waals surface area (Å²) in [5, 5.41) is 9.00. The summed E-state index contributed by atoms with van der Waals surface area (Å²) in [5.41, 5.74) is 0.895. The van der Waals surface area contributed by atoms with E-state index in [0.29, 0.717) is 17.3 Å². The molecule has 1 heterocycles. The van der Waals surface area contributed by atoms with Gasteiger partial charge in [-0.3, -0.25) is 0 Å². The number of carbonyl (C=O) groups is 1. The van der Waals surface area contributed by atoms with Crippen LogP contribution in [0.1, 0.15) is 48.7 Å². The van der Waals surface area contributed by atoms with Crippen molar-refractivity contribution in [2.45, 2.75) is 45.6 Å². The molecule has 0 bridgehead atoms. The minimum absolute atomic E-state index is 0.296. The lowest BCUT2D eigenvalue weighted by atomic mass is 10.2. The van der Waals surface area contributed by atoms with Crippen LogP contribution in [-0.2, 0) is 0 Å². The summed E-state index contributed by atoms with van der Waals surface area (Å²) in [4.78, 5) is 17.7. The number of carboxylic acid groups (broad SMARTS) is 1. The number of hydrogen-bond acceptors (Lipinski definition) is 3. The number of hydrogen-bond donors (Lipinski definition) is 1. The normalized spacial score (nSPS) is 14.6. The third-order valence-electron chi connectivity index (χ3n) is 3.34. The molecule has 1 saturated carbocycles. The average Bonchev–Trinajstić information content (AvgIpc) is 3.13. The molecular formula is C14H20N2O2. The van der Waals surface area contributed by atoms with E-state index < -0.39 is 5.97 Å². The Bertz CT molecular complexity index is 441. The first-order chi connectivity index (χ1) is 8.63. The summed E-state index contributed by atoms with van der Waals surface area (Å²) in [6, 6.07) is 4.12. The zero-order valence-electron chi connectivity index (χ0n) is 11.0. The highest BCUT2D eigenvalue weighted by molar-refractivity contribution is 5.89. The SMILES string of the molecule is CCCCN(c1ccc(C(=O)O)c(C)n1)C1CC1. The van der Waals surface area contributed by atoms with Crippen molar-refractivity contribution in [1.82, 2.24) is 4.98 Å². The number of aromatic carboxylic acids is 1. The molecular weight excluding hydrogens is 228 g/mol. The van der Waals surface area contributed by atoms with E-state index in [1.807, 2.05) is 6.07 Å². The summed E-state index contributed by atoms with van der Waals surface area (Å²) >= 11 is 0. The molecule has 0 amide bonds. The summed E-state index contributed by atoms with van der Waals surface area (Å²) in [6.45, 7) is 4.95. The van der Waals surface area contributed by atoms with Crippen LogP contribution in [0.3, 0.4) is 0 Å². The van der Waals surface area contributed by atoms with E-state index in [1.54, 1.807) is 13.0 Å². The van der Waals surface area contributed by atoms with Crippen molar-refractivity contribution in [3.05, 3.63) is 23.4 Å². The predicted octanol–water partition coefficient (Wildman–Crippen LogP) is 2.86. The van der Waals surface area contributed by atoms with Crippen molar-refractivity contribution in [3.63, 3.8) is 0 Å². The third kappa shape index (κ3) is 2.81. The van der Waals surface area contributed by atoms with Crippen LogP contribution in [0.15, 0.2) is 12.1 Å². The number of rotatable bonds is 6. The van der Waals surface area contributed by atoms with Crippen molar-refractivity contribution in [2.75, 3.05) is 11.4 Å². The first kappa shape index (κ1) is 12.9. The van der Waals surface area contributed by atoms with Crippen LogP contribution in [0.4, 0.5) is 5.82 Å². The Kier molecular flexibility index (Phi) is 3.84. The molecule has 0 atom stereocenters. The minimum Gasteiger partial charge on any atom is -0.478 e. The molecule has 1 fully saturated rings. The molecule has 0 unspecified atom stereocenters. The van der Waals surface area contributed by atoms with Crippen LogP contribution in [0.25, 0.3) is 0 Å². The lowest BCUT2D eigenvalue weighted by Gasteiger charge is -2.23. The molecule has 2 rings (SSSR count). The van der Waals surface area contributed by atoms with Gasteiger partial charge in [-0.2, -0.15) is 0 Å². The van der Waals surface area contributed by atoms with E-state index >= 15 is 0 Å². The molecule has 1 N–H and O–H groups in total. The van der Waals surface area contributed by atoms with E-state index in [-0.39, 0.29) is 0 Å². The van der Waals surface area contributed by atoms with Gasteiger partial charge in [-0.1, -0.05) is 13.3 Å². The molecule has 98 valence electrons. The number of aromatic nitrogens is 1. The molecule has 18 heavy (non-hydrogen) atoms. The second-order valence-electron chi connectivity index (χ2n) is 4.89. The summed E-state index contributed by atoms with van der Waals surface area (Å²) in [5.74, 6) is 0.0199. The van der Waals surface area contributed by atoms with Gasteiger partial charge in [0.25, 0.3) is 0 Å². The Balaban J connectivity index is 2.19. The maximum atomic E-state index is 11.0. The zero-order valence-corrected chi connectivity index (χ0v) is 11.0. The minimum atomic E-state index is -0.905. The van der Waals surface area contributed by atoms with Crippen molar-refractivity contribution < 1.29 is 9.90 Å². The number of aryl methyl sites for hydroxylation is 1. The lowest BCUT2D eigenvalue weighted by molar-refractivity contribution is 0.0695. The Labute approximate surface area is 108 Å². The summed E-state index contributed by atoms with van der Waals surface area (Å²) in [6.07, 6.45) is 4.77. The van der Waals surface area contributed by atoms with Crippen LogP contribution >= 0.6 is 0 Å². The van der Waals surface area contributed by atoms with Crippen LogP contribution in [0.5, 0.6) is 0 Å².